The number of methoxy groups -OCH3 is 1. The average Bonchev–Trinajstić information content (AvgIpc) is 2.37. The van der Waals surface area contributed by atoms with Gasteiger partial charge in [-0.3, -0.25) is 4.79 Å². The molecule has 0 spiro atoms. The van der Waals surface area contributed by atoms with Gasteiger partial charge in [0.1, 0.15) is 0 Å². The Labute approximate surface area is 126 Å². The minimum absolute atomic E-state index is 0.0583. The Balaban J connectivity index is 2.79. The molecule has 1 aromatic carbocycles. The molecule has 20 heavy (non-hydrogen) atoms. The summed E-state index contributed by atoms with van der Waals surface area (Å²) in [6.45, 7) is -0.161. The molecule has 0 fully saturated rings. The highest BCUT2D eigenvalue weighted by atomic mass is 35.5. The summed E-state index contributed by atoms with van der Waals surface area (Å²) in [7, 11) is -2.50. The Morgan fingerprint density at radius 3 is 2.55 bits per heavy atom. The second kappa shape index (κ2) is 7.24. The molecular formula is C11H13Cl2NO5S. The van der Waals surface area contributed by atoms with Gasteiger partial charge < -0.3 is 9.84 Å². The third-order valence-electron chi connectivity index (χ3n) is 2.44. The molecule has 2 N–H and O–H groups in total. The number of sulfonamides is 1. The smallest absolute Gasteiger partial charge is 0.306 e. The zero-order chi connectivity index (χ0) is 15.3. The lowest BCUT2D eigenvalue weighted by Crippen LogP contribution is -2.34. The lowest BCUT2D eigenvalue weighted by atomic mass is 10.2. The molecule has 1 unspecified atom stereocenters. The van der Waals surface area contributed by atoms with Crippen molar-refractivity contribution in [2.75, 3.05) is 13.7 Å². The van der Waals surface area contributed by atoms with Crippen molar-refractivity contribution in [1.29, 1.82) is 0 Å². The molecule has 0 bridgehead atoms. The fourth-order valence-electron chi connectivity index (χ4n) is 1.36. The number of hydrogen-bond donors (Lipinski definition) is 2. The fourth-order valence-corrected chi connectivity index (χ4v) is 2.82. The minimum Gasteiger partial charge on any atom is -0.481 e. The van der Waals surface area contributed by atoms with Crippen LogP contribution >= 0.6 is 23.2 Å². The quantitative estimate of drug-likeness (QED) is 0.788. The lowest BCUT2D eigenvalue weighted by molar-refractivity contribution is -0.139. The van der Waals surface area contributed by atoms with Crippen LogP contribution in [-0.4, -0.2) is 39.3 Å². The van der Waals surface area contributed by atoms with Crippen LogP contribution in [0, 0.1) is 0 Å². The van der Waals surface area contributed by atoms with Gasteiger partial charge in [-0.05, 0) is 18.2 Å². The molecule has 0 saturated heterocycles. The van der Waals surface area contributed by atoms with E-state index in [1.807, 2.05) is 0 Å². The molecule has 9 heteroatoms. The largest absolute Gasteiger partial charge is 0.481 e. The summed E-state index contributed by atoms with van der Waals surface area (Å²) < 4.78 is 31.1. The Hall–Kier alpha value is -0.860. The maximum absolute atomic E-state index is 12.0. The number of nitrogens with one attached hydrogen (secondary N) is 1. The van der Waals surface area contributed by atoms with Gasteiger partial charge in [0.05, 0.1) is 27.5 Å². The summed E-state index contributed by atoms with van der Waals surface area (Å²) in [6, 6.07) is 3.88. The third-order valence-corrected chi connectivity index (χ3v) is 4.60. The van der Waals surface area contributed by atoms with Crippen molar-refractivity contribution in [3.63, 3.8) is 0 Å². The minimum atomic E-state index is -3.81. The van der Waals surface area contributed by atoms with Crippen molar-refractivity contribution in [1.82, 2.24) is 4.72 Å². The molecule has 0 aliphatic heterocycles. The van der Waals surface area contributed by atoms with E-state index in [-0.39, 0.29) is 27.9 Å². The van der Waals surface area contributed by atoms with E-state index in [1.165, 1.54) is 25.3 Å². The van der Waals surface area contributed by atoms with E-state index in [1.54, 1.807) is 0 Å². The number of carboxylic acids is 1. The van der Waals surface area contributed by atoms with E-state index < -0.39 is 22.1 Å². The van der Waals surface area contributed by atoms with Crippen LogP contribution in [0.5, 0.6) is 0 Å². The fraction of sp³-hybridized carbons (Fsp3) is 0.364. The van der Waals surface area contributed by atoms with Crippen molar-refractivity contribution >= 4 is 39.2 Å². The number of rotatable bonds is 7. The molecule has 0 aliphatic carbocycles. The van der Waals surface area contributed by atoms with E-state index in [0.29, 0.717) is 0 Å². The Bertz CT molecular complexity index is 590. The topological polar surface area (TPSA) is 92.7 Å². The summed E-state index contributed by atoms with van der Waals surface area (Å²) in [4.78, 5) is 10.5. The molecule has 1 rings (SSSR count). The first-order chi connectivity index (χ1) is 9.26. The lowest BCUT2D eigenvalue weighted by Gasteiger charge is -2.14. The van der Waals surface area contributed by atoms with E-state index in [2.05, 4.69) is 4.72 Å². The highest BCUT2D eigenvalue weighted by molar-refractivity contribution is 7.89. The van der Waals surface area contributed by atoms with E-state index in [0.717, 1.165) is 0 Å². The van der Waals surface area contributed by atoms with Gasteiger partial charge in [-0.2, -0.15) is 0 Å². The number of carbonyl (C=O) groups is 1. The first-order valence-electron chi connectivity index (χ1n) is 5.45. The average molecular weight is 342 g/mol. The molecular weight excluding hydrogens is 329 g/mol. The van der Waals surface area contributed by atoms with Crippen molar-refractivity contribution in [3.05, 3.63) is 28.2 Å². The van der Waals surface area contributed by atoms with Gasteiger partial charge in [0, 0.05) is 13.7 Å². The van der Waals surface area contributed by atoms with Gasteiger partial charge in [-0.1, -0.05) is 23.2 Å². The van der Waals surface area contributed by atoms with Crippen molar-refractivity contribution in [2.45, 2.75) is 17.4 Å². The van der Waals surface area contributed by atoms with E-state index in [4.69, 9.17) is 33.0 Å². The van der Waals surface area contributed by atoms with Crippen molar-refractivity contribution in [3.8, 4) is 0 Å². The highest BCUT2D eigenvalue weighted by Gasteiger charge is 2.19. The molecule has 112 valence electrons. The number of halogens is 2. The SMILES string of the molecule is COC(CNS(=O)(=O)c1ccc(Cl)c(Cl)c1)CC(=O)O. The summed E-state index contributed by atoms with van der Waals surface area (Å²) in [6.07, 6.45) is -1.06. The summed E-state index contributed by atoms with van der Waals surface area (Å²) in [5.74, 6) is -1.08. The van der Waals surface area contributed by atoms with Gasteiger partial charge in [-0.15, -0.1) is 0 Å². The highest BCUT2D eigenvalue weighted by Crippen LogP contribution is 2.24. The number of ether oxygens (including phenoxy) is 1. The number of carboxylic acid groups (broad SMARTS) is 1. The first kappa shape index (κ1) is 17.2. The van der Waals surface area contributed by atoms with Crippen LogP contribution in [0.4, 0.5) is 0 Å². The summed E-state index contributed by atoms with van der Waals surface area (Å²) in [5, 5.41) is 9.00. The standard InChI is InChI=1S/C11H13Cl2NO5S/c1-19-7(4-11(15)16)6-14-20(17,18)8-2-3-9(12)10(13)5-8/h2-3,5,7,14H,4,6H2,1H3,(H,15,16). The van der Waals surface area contributed by atoms with Gasteiger partial charge in [0.2, 0.25) is 10.0 Å². The summed E-state index contributed by atoms with van der Waals surface area (Å²) >= 11 is 11.5. The number of benzene rings is 1. The second-order valence-corrected chi connectivity index (χ2v) is 6.46. The molecule has 1 atom stereocenters. The first-order valence-corrected chi connectivity index (χ1v) is 7.69. The van der Waals surface area contributed by atoms with Crippen molar-refractivity contribution < 1.29 is 23.1 Å². The second-order valence-electron chi connectivity index (χ2n) is 3.88. The van der Waals surface area contributed by atoms with Crippen LogP contribution in [0.15, 0.2) is 23.1 Å². The number of hydrogen-bond acceptors (Lipinski definition) is 4. The van der Waals surface area contributed by atoms with Crippen LogP contribution in [0.1, 0.15) is 6.42 Å². The van der Waals surface area contributed by atoms with Crippen LogP contribution in [0.25, 0.3) is 0 Å². The van der Waals surface area contributed by atoms with E-state index in [9.17, 15) is 13.2 Å². The normalized spacial score (nSPS) is 13.2. The molecule has 6 nitrogen and oxygen atoms in total. The molecule has 1 aromatic rings. The van der Waals surface area contributed by atoms with Gasteiger partial charge in [0.25, 0.3) is 0 Å². The van der Waals surface area contributed by atoms with Gasteiger partial charge in [0.15, 0.2) is 0 Å². The molecule has 0 radical (unpaired) electrons. The predicted octanol–water partition coefficient (Wildman–Crippen LogP) is 1.76. The summed E-state index contributed by atoms with van der Waals surface area (Å²) in [5.41, 5.74) is 0. The number of aliphatic carboxylic acids is 1. The third kappa shape index (κ3) is 4.92. The molecule has 0 aromatic heterocycles. The molecule has 0 amide bonds. The maximum atomic E-state index is 12.0. The zero-order valence-corrected chi connectivity index (χ0v) is 12.8. The monoisotopic (exact) mass is 341 g/mol. The Morgan fingerprint density at radius 2 is 2.05 bits per heavy atom. The molecule has 0 heterocycles. The Morgan fingerprint density at radius 1 is 1.40 bits per heavy atom. The van der Waals surface area contributed by atoms with Crippen LogP contribution in [0.2, 0.25) is 10.0 Å². The van der Waals surface area contributed by atoms with Crippen LogP contribution < -0.4 is 4.72 Å². The van der Waals surface area contributed by atoms with Gasteiger partial charge in [-0.25, -0.2) is 13.1 Å². The van der Waals surface area contributed by atoms with Crippen LogP contribution in [-0.2, 0) is 19.6 Å². The predicted molar refractivity (Wildman–Crippen MR) is 74.7 cm³/mol. The Kier molecular flexibility index (Phi) is 6.22. The molecule has 0 saturated carbocycles. The van der Waals surface area contributed by atoms with E-state index >= 15 is 0 Å². The molecule has 0 aliphatic rings. The zero-order valence-electron chi connectivity index (χ0n) is 10.5. The van der Waals surface area contributed by atoms with Crippen molar-refractivity contribution in [2.24, 2.45) is 0 Å². The van der Waals surface area contributed by atoms with Gasteiger partial charge >= 0.3 is 5.97 Å². The van der Waals surface area contributed by atoms with Crippen LogP contribution in [0.3, 0.4) is 0 Å². The maximum Gasteiger partial charge on any atom is 0.306 e.